The van der Waals surface area contributed by atoms with Gasteiger partial charge in [-0.25, -0.2) is 0 Å². The summed E-state index contributed by atoms with van der Waals surface area (Å²) < 4.78 is 2.44. The van der Waals surface area contributed by atoms with Gasteiger partial charge >= 0.3 is 0 Å². The van der Waals surface area contributed by atoms with Crippen LogP contribution in [-0.2, 0) is 0 Å². The van der Waals surface area contributed by atoms with Crippen LogP contribution in [0, 0.1) is 0 Å². The predicted molar refractivity (Wildman–Crippen MR) is 272 cm³/mol. The lowest BCUT2D eigenvalue weighted by Gasteiger charge is -2.27. The van der Waals surface area contributed by atoms with Gasteiger partial charge in [0.05, 0.1) is 11.0 Å². The third kappa shape index (κ3) is 6.52. The molecule has 0 amide bonds. The van der Waals surface area contributed by atoms with E-state index in [0.29, 0.717) is 0 Å². The first-order valence-corrected chi connectivity index (χ1v) is 22.0. The van der Waals surface area contributed by atoms with E-state index in [2.05, 4.69) is 264 Å². The van der Waals surface area contributed by atoms with E-state index in [0.717, 1.165) is 28.3 Å². The van der Waals surface area contributed by atoms with Crippen LogP contribution in [0.2, 0.25) is 0 Å². The summed E-state index contributed by atoms with van der Waals surface area (Å²) in [6.07, 6.45) is 0. The quantitative estimate of drug-likeness (QED) is 0.148. The molecule has 0 saturated carbocycles. The van der Waals surface area contributed by atoms with Crippen molar-refractivity contribution < 1.29 is 0 Å². The molecule has 0 atom stereocenters. The molecule has 0 aliphatic heterocycles. The van der Waals surface area contributed by atoms with E-state index < -0.39 is 0 Å². The smallest absolute Gasteiger partial charge is 0.0619 e. The molecule has 12 rings (SSSR count). The van der Waals surface area contributed by atoms with Crippen LogP contribution < -0.4 is 4.90 Å². The lowest BCUT2D eigenvalue weighted by atomic mass is 9.93. The van der Waals surface area contributed by atoms with Crippen LogP contribution in [0.5, 0.6) is 0 Å². The molecule has 0 radical (unpaired) electrons. The SMILES string of the molecule is c1ccc(-c2ccc(N(c3ccc(-c4ccc5c6ccc7ccccc7c6n(-c6ccccc6)c5c4)cc3)c3ccc(-c4cccc5ccccc45)cc3)cc2-c2ccccc2)cc1. The average Bonchev–Trinajstić information content (AvgIpc) is 3.72. The minimum Gasteiger partial charge on any atom is -0.310 e. The van der Waals surface area contributed by atoms with E-state index in [1.807, 2.05) is 0 Å². The number of fused-ring (bicyclic) bond motifs is 6. The maximum Gasteiger partial charge on any atom is 0.0619 e. The van der Waals surface area contributed by atoms with E-state index >= 15 is 0 Å². The number of benzene rings is 11. The topological polar surface area (TPSA) is 8.17 Å². The Labute approximate surface area is 373 Å². The molecule has 0 saturated heterocycles. The maximum absolute atomic E-state index is 2.44. The zero-order chi connectivity index (χ0) is 42.4. The number of nitrogens with zero attached hydrogens (tertiary/aromatic N) is 2. The van der Waals surface area contributed by atoms with Crippen molar-refractivity contribution in [2.75, 3.05) is 4.90 Å². The van der Waals surface area contributed by atoms with Gasteiger partial charge in [-0.15, -0.1) is 0 Å². The first-order valence-electron chi connectivity index (χ1n) is 22.0. The van der Waals surface area contributed by atoms with Crippen molar-refractivity contribution in [1.82, 2.24) is 4.57 Å². The van der Waals surface area contributed by atoms with Crippen molar-refractivity contribution in [2.45, 2.75) is 0 Å². The molecular formula is C62H42N2. The molecule has 12 aromatic rings. The van der Waals surface area contributed by atoms with Crippen LogP contribution in [-0.4, -0.2) is 4.57 Å². The number of aromatic nitrogens is 1. The molecule has 0 spiro atoms. The summed E-state index contributed by atoms with van der Waals surface area (Å²) in [5.74, 6) is 0. The molecule has 0 bridgehead atoms. The molecule has 2 heteroatoms. The molecule has 64 heavy (non-hydrogen) atoms. The third-order valence-corrected chi connectivity index (χ3v) is 12.8. The molecule has 0 unspecified atom stereocenters. The molecule has 2 nitrogen and oxygen atoms in total. The Kier molecular flexibility index (Phi) is 9.20. The summed E-state index contributed by atoms with van der Waals surface area (Å²) >= 11 is 0. The molecule has 300 valence electrons. The summed E-state index contributed by atoms with van der Waals surface area (Å²) in [5.41, 5.74) is 16.4. The number of hydrogen-bond acceptors (Lipinski definition) is 1. The highest BCUT2D eigenvalue weighted by atomic mass is 15.1. The minimum atomic E-state index is 1.08. The van der Waals surface area contributed by atoms with Crippen molar-refractivity contribution in [3.05, 3.63) is 255 Å². The summed E-state index contributed by atoms with van der Waals surface area (Å²) in [7, 11) is 0. The Morgan fingerprint density at radius 1 is 0.266 bits per heavy atom. The van der Waals surface area contributed by atoms with E-state index in [4.69, 9.17) is 0 Å². The highest BCUT2D eigenvalue weighted by molar-refractivity contribution is 6.19. The number of rotatable bonds is 8. The van der Waals surface area contributed by atoms with Gasteiger partial charge in [0.2, 0.25) is 0 Å². The minimum absolute atomic E-state index is 1.08. The first-order chi connectivity index (χ1) is 31.7. The maximum atomic E-state index is 2.44. The number of para-hydroxylation sites is 1. The van der Waals surface area contributed by atoms with Crippen LogP contribution in [0.4, 0.5) is 17.1 Å². The molecule has 0 aliphatic carbocycles. The van der Waals surface area contributed by atoms with Gasteiger partial charge in [0.15, 0.2) is 0 Å². The second-order valence-corrected chi connectivity index (χ2v) is 16.5. The second kappa shape index (κ2) is 15.8. The Balaban J connectivity index is 0.996. The summed E-state index contributed by atoms with van der Waals surface area (Å²) in [6.45, 7) is 0. The Morgan fingerprint density at radius 2 is 0.781 bits per heavy atom. The van der Waals surface area contributed by atoms with Crippen molar-refractivity contribution in [1.29, 1.82) is 0 Å². The standard InChI is InChI=1S/C62H42N2/c1-4-15-44(16-5-1)56-40-37-53(42-60(56)46-17-6-2-7-18-46)63(52-35-29-48(30-36-52)55-26-14-21-45-19-10-12-24-54(45)55)51-33-27-43(28-34-51)49-32-38-58-59-39-31-47-20-11-13-25-57(47)62(59)64(61(58)41-49)50-22-8-3-9-23-50/h1-42H. The highest BCUT2D eigenvalue weighted by Crippen LogP contribution is 2.43. The van der Waals surface area contributed by atoms with Gasteiger partial charge < -0.3 is 9.47 Å². The molecule has 1 heterocycles. The van der Waals surface area contributed by atoms with Gasteiger partial charge in [-0.1, -0.05) is 200 Å². The zero-order valence-electron chi connectivity index (χ0n) is 35.1. The fourth-order valence-electron chi connectivity index (χ4n) is 9.72. The predicted octanol–water partition coefficient (Wildman–Crippen LogP) is 17.2. The van der Waals surface area contributed by atoms with Gasteiger partial charge in [-0.2, -0.15) is 0 Å². The molecular weight excluding hydrogens is 773 g/mol. The van der Waals surface area contributed by atoms with Crippen molar-refractivity contribution in [2.24, 2.45) is 0 Å². The number of hydrogen-bond donors (Lipinski definition) is 0. The highest BCUT2D eigenvalue weighted by Gasteiger charge is 2.19. The van der Waals surface area contributed by atoms with Crippen LogP contribution >= 0.6 is 0 Å². The molecule has 0 N–H and O–H groups in total. The zero-order valence-corrected chi connectivity index (χ0v) is 35.1. The Morgan fingerprint density at radius 3 is 1.48 bits per heavy atom. The first kappa shape index (κ1) is 37.3. The van der Waals surface area contributed by atoms with Gasteiger partial charge in [0, 0.05) is 38.9 Å². The van der Waals surface area contributed by atoms with Crippen molar-refractivity contribution in [3.8, 4) is 50.2 Å². The van der Waals surface area contributed by atoms with Gasteiger partial charge in [-0.05, 0) is 115 Å². The summed E-state index contributed by atoms with van der Waals surface area (Å²) in [6, 6.07) is 92.6. The fourth-order valence-corrected chi connectivity index (χ4v) is 9.72. The van der Waals surface area contributed by atoms with Crippen LogP contribution in [0.3, 0.4) is 0 Å². The largest absolute Gasteiger partial charge is 0.310 e. The van der Waals surface area contributed by atoms with Crippen LogP contribution in [0.1, 0.15) is 0 Å². The molecule has 0 aliphatic rings. The van der Waals surface area contributed by atoms with Crippen LogP contribution in [0.15, 0.2) is 255 Å². The molecule has 1 aromatic heterocycles. The average molecular weight is 815 g/mol. The van der Waals surface area contributed by atoms with Crippen LogP contribution in [0.25, 0.3) is 93.5 Å². The monoisotopic (exact) mass is 814 g/mol. The van der Waals surface area contributed by atoms with Gasteiger partial charge in [-0.3, -0.25) is 0 Å². The van der Waals surface area contributed by atoms with Crippen molar-refractivity contribution in [3.63, 3.8) is 0 Å². The summed E-state index contributed by atoms with van der Waals surface area (Å²) in [5, 5.41) is 7.50. The Hall–Kier alpha value is -8.46. The lowest BCUT2D eigenvalue weighted by Crippen LogP contribution is -2.10. The van der Waals surface area contributed by atoms with E-state index in [9.17, 15) is 0 Å². The van der Waals surface area contributed by atoms with E-state index in [1.54, 1.807) is 0 Å². The van der Waals surface area contributed by atoms with E-state index in [-0.39, 0.29) is 0 Å². The third-order valence-electron chi connectivity index (χ3n) is 12.8. The second-order valence-electron chi connectivity index (χ2n) is 16.5. The number of anilines is 3. The van der Waals surface area contributed by atoms with Gasteiger partial charge in [0.1, 0.15) is 0 Å². The van der Waals surface area contributed by atoms with Gasteiger partial charge in [0.25, 0.3) is 0 Å². The fraction of sp³-hybridized carbons (Fsp3) is 0. The van der Waals surface area contributed by atoms with E-state index in [1.165, 1.54) is 82.3 Å². The molecule has 11 aromatic carbocycles. The summed E-state index contributed by atoms with van der Waals surface area (Å²) in [4.78, 5) is 2.39. The normalized spacial score (nSPS) is 11.4. The lowest BCUT2D eigenvalue weighted by molar-refractivity contribution is 1.19. The van der Waals surface area contributed by atoms with Crippen molar-refractivity contribution >= 4 is 60.4 Å². The Bertz CT molecular complexity index is 3620. The molecule has 0 fully saturated rings.